The first-order valence-corrected chi connectivity index (χ1v) is 5.54. The average Bonchev–Trinajstić information content (AvgIpc) is 2.64. The molecule has 12 heavy (non-hydrogen) atoms. The highest BCUT2D eigenvalue weighted by Crippen LogP contribution is 2.48. The van der Waals surface area contributed by atoms with Crippen LogP contribution in [0.15, 0.2) is 17.5 Å². The van der Waals surface area contributed by atoms with E-state index in [9.17, 15) is 0 Å². The highest BCUT2D eigenvalue weighted by molar-refractivity contribution is 7.10. The van der Waals surface area contributed by atoms with Gasteiger partial charge in [-0.15, -0.1) is 11.3 Å². The minimum atomic E-state index is 0.879. The molecule has 0 aliphatic heterocycles. The highest BCUT2D eigenvalue weighted by Gasteiger charge is 2.38. The lowest BCUT2D eigenvalue weighted by atomic mass is 10.2. The summed E-state index contributed by atoms with van der Waals surface area (Å²) in [5.41, 5.74) is 0. The second kappa shape index (κ2) is 3.58. The van der Waals surface area contributed by atoms with E-state index in [-0.39, 0.29) is 0 Å². The smallest absolute Gasteiger partial charge is 0.00795 e. The van der Waals surface area contributed by atoms with Crippen LogP contribution < -0.4 is 5.32 Å². The van der Waals surface area contributed by atoms with Crippen LogP contribution in [-0.4, -0.2) is 13.1 Å². The van der Waals surface area contributed by atoms with Gasteiger partial charge in [0.2, 0.25) is 0 Å². The molecule has 2 atom stereocenters. The third kappa shape index (κ3) is 1.70. The van der Waals surface area contributed by atoms with Gasteiger partial charge in [-0.2, -0.15) is 0 Å². The summed E-state index contributed by atoms with van der Waals surface area (Å²) in [5, 5.41) is 5.59. The molecule has 1 saturated carbocycles. The Morgan fingerprint density at radius 1 is 1.67 bits per heavy atom. The Hall–Kier alpha value is -0.340. The zero-order valence-electron chi connectivity index (χ0n) is 7.42. The van der Waals surface area contributed by atoms with Crippen LogP contribution >= 0.6 is 11.3 Å². The van der Waals surface area contributed by atoms with Gasteiger partial charge < -0.3 is 5.32 Å². The molecule has 1 nitrogen and oxygen atoms in total. The van der Waals surface area contributed by atoms with E-state index in [1.54, 1.807) is 4.88 Å². The van der Waals surface area contributed by atoms with E-state index in [2.05, 4.69) is 29.8 Å². The van der Waals surface area contributed by atoms with Gasteiger partial charge in [-0.05, 0) is 42.8 Å². The maximum absolute atomic E-state index is 3.41. The van der Waals surface area contributed by atoms with Crippen LogP contribution in [-0.2, 0) is 0 Å². The van der Waals surface area contributed by atoms with Crippen molar-refractivity contribution in [2.45, 2.75) is 19.3 Å². The van der Waals surface area contributed by atoms with E-state index >= 15 is 0 Å². The zero-order chi connectivity index (χ0) is 8.39. The number of rotatable bonds is 4. The van der Waals surface area contributed by atoms with Gasteiger partial charge in [0.1, 0.15) is 0 Å². The minimum Gasteiger partial charge on any atom is -0.317 e. The first kappa shape index (κ1) is 8.27. The molecule has 66 valence electrons. The van der Waals surface area contributed by atoms with Crippen LogP contribution in [0.5, 0.6) is 0 Å². The summed E-state index contributed by atoms with van der Waals surface area (Å²) >= 11 is 1.90. The van der Waals surface area contributed by atoms with Gasteiger partial charge in [0.25, 0.3) is 0 Å². The largest absolute Gasteiger partial charge is 0.317 e. The Kier molecular flexibility index (Phi) is 2.47. The molecule has 0 aromatic carbocycles. The molecule has 0 spiro atoms. The van der Waals surface area contributed by atoms with Gasteiger partial charge in [-0.3, -0.25) is 0 Å². The lowest BCUT2D eigenvalue weighted by molar-refractivity contribution is 0.651. The molecule has 1 aliphatic carbocycles. The van der Waals surface area contributed by atoms with Crippen LogP contribution in [0, 0.1) is 5.92 Å². The summed E-state index contributed by atoms with van der Waals surface area (Å²) in [6.45, 7) is 4.48. The molecule has 1 fully saturated rings. The molecule has 0 amide bonds. The summed E-state index contributed by atoms with van der Waals surface area (Å²) in [7, 11) is 0. The summed E-state index contributed by atoms with van der Waals surface area (Å²) in [5.74, 6) is 1.80. The molecule has 2 heteroatoms. The van der Waals surface area contributed by atoms with Gasteiger partial charge in [-0.1, -0.05) is 13.0 Å². The maximum atomic E-state index is 3.41. The van der Waals surface area contributed by atoms with Crippen molar-refractivity contribution in [3.05, 3.63) is 22.4 Å². The monoisotopic (exact) mass is 181 g/mol. The average molecular weight is 181 g/mol. The van der Waals surface area contributed by atoms with Crippen molar-refractivity contribution in [3.8, 4) is 0 Å². The molecule has 1 aliphatic rings. The second-order valence-electron chi connectivity index (χ2n) is 3.43. The first-order chi connectivity index (χ1) is 5.92. The summed E-state index contributed by atoms with van der Waals surface area (Å²) in [6, 6.07) is 4.42. The molecule has 2 unspecified atom stereocenters. The fourth-order valence-electron chi connectivity index (χ4n) is 1.65. The van der Waals surface area contributed by atoms with Gasteiger partial charge in [0, 0.05) is 4.88 Å². The van der Waals surface area contributed by atoms with Crippen molar-refractivity contribution in [2.75, 3.05) is 13.1 Å². The first-order valence-electron chi connectivity index (χ1n) is 4.66. The third-order valence-corrected chi connectivity index (χ3v) is 3.49. The molecule has 1 N–H and O–H groups in total. The molecule has 0 bridgehead atoms. The standard InChI is InChI=1S/C10H15NS/c1-2-11-7-8-6-9(8)10-4-3-5-12-10/h3-5,8-9,11H,2,6-7H2,1H3. The second-order valence-corrected chi connectivity index (χ2v) is 4.40. The van der Waals surface area contributed by atoms with Crippen LogP contribution in [0.4, 0.5) is 0 Å². The number of nitrogens with one attached hydrogen (secondary N) is 1. The fourth-order valence-corrected chi connectivity index (χ4v) is 2.59. The third-order valence-electron chi connectivity index (χ3n) is 2.49. The number of hydrogen-bond donors (Lipinski definition) is 1. The Morgan fingerprint density at radius 3 is 3.25 bits per heavy atom. The Morgan fingerprint density at radius 2 is 2.58 bits per heavy atom. The molecule has 0 radical (unpaired) electrons. The molecular formula is C10H15NS. The van der Waals surface area contributed by atoms with E-state index in [0.29, 0.717) is 0 Å². The van der Waals surface area contributed by atoms with Crippen LogP contribution in [0.1, 0.15) is 24.1 Å². The maximum Gasteiger partial charge on any atom is 0.00795 e. The van der Waals surface area contributed by atoms with Gasteiger partial charge in [-0.25, -0.2) is 0 Å². The summed E-state index contributed by atoms with van der Waals surface area (Å²) in [4.78, 5) is 1.58. The van der Waals surface area contributed by atoms with Crippen molar-refractivity contribution >= 4 is 11.3 Å². The molecule has 1 aromatic rings. The lowest BCUT2D eigenvalue weighted by Gasteiger charge is -1.98. The van der Waals surface area contributed by atoms with Crippen LogP contribution in [0.2, 0.25) is 0 Å². The van der Waals surface area contributed by atoms with Crippen molar-refractivity contribution in [1.29, 1.82) is 0 Å². The minimum absolute atomic E-state index is 0.879. The molecule has 1 heterocycles. The Labute approximate surface area is 77.8 Å². The highest BCUT2D eigenvalue weighted by atomic mass is 32.1. The summed E-state index contributed by atoms with van der Waals surface area (Å²) < 4.78 is 0. The van der Waals surface area contributed by atoms with E-state index in [1.807, 2.05) is 11.3 Å². The molecular weight excluding hydrogens is 166 g/mol. The number of hydrogen-bond acceptors (Lipinski definition) is 2. The van der Waals surface area contributed by atoms with E-state index in [0.717, 1.165) is 18.4 Å². The van der Waals surface area contributed by atoms with Gasteiger partial charge in [0.15, 0.2) is 0 Å². The molecule has 1 aromatic heterocycles. The molecule has 2 rings (SSSR count). The van der Waals surface area contributed by atoms with E-state index in [4.69, 9.17) is 0 Å². The zero-order valence-corrected chi connectivity index (χ0v) is 8.23. The predicted octanol–water partition coefficient (Wildman–Crippen LogP) is 2.46. The van der Waals surface area contributed by atoms with Gasteiger partial charge in [0.05, 0.1) is 0 Å². The van der Waals surface area contributed by atoms with Crippen molar-refractivity contribution < 1.29 is 0 Å². The Balaban J connectivity index is 1.81. The Bertz CT molecular complexity index is 230. The SMILES string of the molecule is CCNCC1CC1c1cccs1. The quantitative estimate of drug-likeness (QED) is 0.752. The van der Waals surface area contributed by atoms with Crippen molar-refractivity contribution in [3.63, 3.8) is 0 Å². The van der Waals surface area contributed by atoms with E-state index in [1.165, 1.54) is 13.0 Å². The topological polar surface area (TPSA) is 12.0 Å². The normalized spacial score (nSPS) is 27.4. The van der Waals surface area contributed by atoms with Gasteiger partial charge >= 0.3 is 0 Å². The molecule has 0 saturated heterocycles. The van der Waals surface area contributed by atoms with Crippen LogP contribution in [0.25, 0.3) is 0 Å². The summed E-state index contributed by atoms with van der Waals surface area (Å²) in [6.07, 6.45) is 1.40. The fraction of sp³-hybridized carbons (Fsp3) is 0.600. The predicted molar refractivity (Wildman–Crippen MR) is 53.7 cm³/mol. The van der Waals surface area contributed by atoms with Crippen LogP contribution in [0.3, 0.4) is 0 Å². The number of thiophene rings is 1. The lowest BCUT2D eigenvalue weighted by Crippen LogP contribution is -2.15. The van der Waals surface area contributed by atoms with E-state index < -0.39 is 0 Å². The van der Waals surface area contributed by atoms with Crippen molar-refractivity contribution in [1.82, 2.24) is 5.32 Å². The van der Waals surface area contributed by atoms with Crippen molar-refractivity contribution in [2.24, 2.45) is 5.92 Å².